The lowest BCUT2D eigenvalue weighted by atomic mass is 9.79. The summed E-state index contributed by atoms with van der Waals surface area (Å²) in [4.78, 5) is 40.9. The molecule has 1 saturated heterocycles. The summed E-state index contributed by atoms with van der Waals surface area (Å²) in [7, 11) is -2.60. The van der Waals surface area contributed by atoms with Gasteiger partial charge in [0.25, 0.3) is 0 Å². The molecule has 1 amide bonds. The number of carbonyl (C=O) groups excluding carboxylic acids is 3. The van der Waals surface area contributed by atoms with Gasteiger partial charge in [0, 0.05) is 37.6 Å². The Balaban J connectivity index is 1.47. The number of rotatable bonds is 14. The van der Waals surface area contributed by atoms with Crippen molar-refractivity contribution in [3.05, 3.63) is 60.2 Å². The van der Waals surface area contributed by atoms with Crippen LogP contribution in [0.25, 0.3) is 0 Å². The Kier molecular flexibility index (Phi) is 13.0. The number of carbonyl (C=O) groups is 3. The number of sulfonamides is 1. The van der Waals surface area contributed by atoms with Crippen LogP contribution in [0.4, 0.5) is 0 Å². The first kappa shape index (κ1) is 37.3. The van der Waals surface area contributed by atoms with Crippen molar-refractivity contribution < 1.29 is 37.0 Å². The second-order valence-corrected chi connectivity index (χ2v) is 15.6. The summed E-state index contributed by atoms with van der Waals surface area (Å²) in [5.41, 5.74) is -0.730. The zero-order valence-electron chi connectivity index (χ0n) is 28.7. The Morgan fingerprint density at radius 1 is 0.938 bits per heavy atom. The van der Waals surface area contributed by atoms with E-state index in [2.05, 4.69) is 5.32 Å². The Hall–Kier alpha value is -3.48. The first-order chi connectivity index (χ1) is 22.8. The number of hydrogen-bond donors (Lipinski definition) is 1. The van der Waals surface area contributed by atoms with Crippen LogP contribution in [0, 0.1) is 0 Å². The summed E-state index contributed by atoms with van der Waals surface area (Å²) in [6, 6.07) is 15.6. The molecule has 0 atom stereocenters. The fraction of sp³-hybridized carbons (Fsp3) is 0.583. The van der Waals surface area contributed by atoms with Gasteiger partial charge in [-0.25, -0.2) is 8.42 Å². The number of nitrogens with one attached hydrogen (secondary N) is 1. The van der Waals surface area contributed by atoms with Gasteiger partial charge in [0.2, 0.25) is 15.9 Å². The predicted octanol–water partition coefficient (Wildman–Crippen LogP) is 4.83. The van der Waals surface area contributed by atoms with Crippen LogP contribution in [-0.4, -0.2) is 85.9 Å². The van der Waals surface area contributed by atoms with E-state index in [-0.39, 0.29) is 55.4 Å². The highest BCUT2D eigenvalue weighted by Crippen LogP contribution is 2.40. The van der Waals surface area contributed by atoms with Gasteiger partial charge in [0.15, 0.2) is 0 Å². The Morgan fingerprint density at radius 3 is 2.19 bits per heavy atom. The summed E-state index contributed by atoms with van der Waals surface area (Å²) >= 11 is 0. The SMILES string of the molecule is COc1ccc(S(=O)(=O)N(CCC(=O)N2CCC(NCC(=O)OC(C)(C)C)CC2)C2(CC(=O)OCc3ccccc3)CCCCC2)cc1. The average Bonchev–Trinajstić information content (AvgIpc) is 3.06. The fourth-order valence-corrected chi connectivity index (χ4v) is 8.39. The van der Waals surface area contributed by atoms with Gasteiger partial charge in [-0.3, -0.25) is 14.4 Å². The molecule has 4 rings (SSSR count). The van der Waals surface area contributed by atoms with E-state index in [0.29, 0.717) is 44.5 Å². The molecule has 2 aliphatic rings. The average molecular weight is 686 g/mol. The highest BCUT2D eigenvalue weighted by molar-refractivity contribution is 7.89. The quantitative estimate of drug-likeness (QED) is 0.278. The van der Waals surface area contributed by atoms with Gasteiger partial charge in [-0.2, -0.15) is 4.31 Å². The third-order valence-electron chi connectivity index (χ3n) is 9.01. The van der Waals surface area contributed by atoms with Gasteiger partial charge >= 0.3 is 11.9 Å². The molecule has 264 valence electrons. The number of methoxy groups -OCH3 is 1. The van der Waals surface area contributed by atoms with Crippen molar-refractivity contribution in [3.8, 4) is 5.75 Å². The van der Waals surface area contributed by atoms with Gasteiger partial charge in [-0.1, -0.05) is 49.6 Å². The molecule has 48 heavy (non-hydrogen) atoms. The molecule has 0 aromatic heterocycles. The second-order valence-electron chi connectivity index (χ2n) is 13.7. The third kappa shape index (κ3) is 10.5. The summed E-state index contributed by atoms with van der Waals surface area (Å²) in [5.74, 6) is -0.410. The number of hydrogen-bond acceptors (Lipinski definition) is 9. The van der Waals surface area contributed by atoms with Gasteiger partial charge in [0.1, 0.15) is 18.0 Å². The molecule has 0 radical (unpaired) electrons. The lowest BCUT2D eigenvalue weighted by molar-refractivity contribution is -0.154. The summed E-state index contributed by atoms with van der Waals surface area (Å²) in [5, 5.41) is 3.23. The molecule has 0 spiro atoms. The van der Waals surface area contributed by atoms with Crippen molar-refractivity contribution in [1.82, 2.24) is 14.5 Å². The van der Waals surface area contributed by atoms with Crippen molar-refractivity contribution in [3.63, 3.8) is 0 Å². The number of ether oxygens (including phenoxy) is 3. The van der Waals surface area contributed by atoms with E-state index in [0.717, 1.165) is 24.8 Å². The molecule has 11 nitrogen and oxygen atoms in total. The molecule has 12 heteroatoms. The van der Waals surface area contributed by atoms with E-state index in [9.17, 15) is 22.8 Å². The summed E-state index contributed by atoms with van der Waals surface area (Å²) in [6.07, 6.45) is 4.66. The van der Waals surface area contributed by atoms with Gasteiger partial charge in [-0.05, 0) is 76.3 Å². The predicted molar refractivity (Wildman–Crippen MR) is 182 cm³/mol. The Labute approximate surface area is 285 Å². The molecule has 0 bridgehead atoms. The largest absolute Gasteiger partial charge is 0.497 e. The molecule has 1 N–H and O–H groups in total. The fourth-order valence-electron chi connectivity index (χ4n) is 6.56. The van der Waals surface area contributed by atoms with E-state index in [1.54, 1.807) is 17.0 Å². The molecule has 1 aliphatic heterocycles. The number of piperidine rings is 1. The third-order valence-corrected chi connectivity index (χ3v) is 11.0. The Morgan fingerprint density at radius 2 is 1.58 bits per heavy atom. The maximum absolute atomic E-state index is 14.4. The van der Waals surface area contributed by atoms with Gasteiger partial charge in [-0.15, -0.1) is 0 Å². The Bertz CT molecular complexity index is 1460. The minimum Gasteiger partial charge on any atom is -0.497 e. The zero-order chi connectivity index (χ0) is 34.8. The molecule has 1 heterocycles. The van der Waals surface area contributed by atoms with Crippen LogP contribution in [0.3, 0.4) is 0 Å². The lowest BCUT2D eigenvalue weighted by Gasteiger charge is -2.45. The van der Waals surface area contributed by atoms with Crippen LogP contribution < -0.4 is 10.1 Å². The summed E-state index contributed by atoms with van der Waals surface area (Å²) < 4.78 is 46.5. The number of likely N-dealkylation sites (tertiary alicyclic amines) is 1. The van der Waals surface area contributed by atoms with E-state index >= 15 is 0 Å². The van der Waals surface area contributed by atoms with Gasteiger partial charge in [0.05, 0.1) is 25.0 Å². The number of amides is 1. The molecular formula is C36H51N3O8S. The standard InChI is InChI=1S/C36H51N3O8S/c1-35(2,3)47-34(42)26-37-29-17-22-38(23-18-29)32(40)19-24-39(48(43,44)31-15-13-30(45-4)14-16-31)36(20-9-6-10-21-36)25-33(41)46-27-28-11-7-5-8-12-28/h5,7-8,11-16,29,37H,6,9-10,17-27H2,1-4H3. The minimum atomic E-state index is -4.12. The first-order valence-corrected chi connectivity index (χ1v) is 18.3. The van der Waals surface area contributed by atoms with Crippen LogP contribution in [0.15, 0.2) is 59.5 Å². The molecule has 2 fully saturated rings. The van der Waals surface area contributed by atoms with Crippen LogP contribution in [0.1, 0.15) is 84.1 Å². The van der Waals surface area contributed by atoms with Crippen molar-refractivity contribution in [1.29, 1.82) is 0 Å². The molecule has 2 aromatic carbocycles. The van der Waals surface area contributed by atoms with Crippen LogP contribution >= 0.6 is 0 Å². The number of nitrogens with zero attached hydrogens (tertiary/aromatic N) is 2. The van der Waals surface area contributed by atoms with Crippen molar-refractivity contribution in [2.75, 3.05) is 33.3 Å². The highest BCUT2D eigenvalue weighted by Gasteiger charge is 2.46. The molecular weight excluding hydrogens is 634 g/mol. The van der Waals surface area contributed by atoms with Crippen LogP contribution in [-0.2, 0) is 40.5 Å². The van der Waals surface area contributed by atoms with Crippen molar-refractivity contribution >= 4 is 27.9 Å². The maximum Gasteiger partial charge on any atom is 0.320 e. The van der Waals surface area contributed by atoms with Crippen LogP contribution in [0.2, 0.25) is 0 Å². The van der Waals surface area contributed by atoms with Crippen molar-refractivity contribution in [2.45, 2.75) is 107 Å². The smallest absolute Gasteiger partial charge is 0.320 e. The highest BCUT2D eigenvalue weighted by atomic mass is 32.2. The summed E-state index contributed by atoms with van der Waals surface area (Å²) in [6.45, 7) is 6.60. The van der Waals surface area contributed by atoms with Crippen molar-refractivity contribution in [2.24, 2.45) is 0 Å². The van der Waals surface area contributed by atoms with E-state index < -0.39 is 27.1 Å². The normalized spacial score (nSPS) is 17.1. The van der Waals surface area contributed by atoms with Crippen LogP contribution in [0.5, 0.6) is 5.75 Å². The van der Waals surface area contributed by atoms with E-state index in [1.807, 2.05) is 51.1 Å². The maximum atomic E-state index is 14.4. The minimum absolute atomic E-state index is 0.0216. The second kappa shape index (κ2) is 16.8. The lowest BCUT2D eigenvalue weighted by Crippen LogP contribution is -2.55. The molecule has 2 aromatic rings. The van der Waals surface area contributed by atoms with E-state index in [4.69, 9.17) is 14.2 Å². The number of esters is 2. The monoisotopic (exact) mass is 685 g/mol. The molecule has 0 unspecified atom stereocenters. The molecule has 1 saturated carbocycles. The molecule has 1 aliphatic carbocycles. The first-order valence-electron chi connectivity index (χ1n) is 16.9. The van der Waals surface area contributed by atoms with Gasteiger partial charge < -0.3 is 24.4 Å². The zero-order valence-corrected chi connectivity index (χ0v) is 29.6. The topological polar surface area (TPSA) is 132 Å². The number of benzene rings is 2. The van der Waals surface area contributed by atoms with E-state index in [1.165, 1.54) is 23.5 Å².